The molecule has 0 saturated carbocycles. The van der Waals surface area contributed by atoms with Gasteiger partial charge in [-0.3, -0.25) is 9.59 Å². The van der Waals surface area contributed by atoms with E-state index in [0.29, 0.717) is 61.2 Å². The SMILES string of the molecule is O=C1OC(c2ccc(O)c(/C=N\N3C(=O)c4ccccc4C34c3ccc(O)cc3Oc3cc(O)ccc34)c2)(c2ccc(O)c(/C=N/N3C(=O)c4ccccc4C34c3ccc(O)cc3Oc3cc(O)ccc34)c2)c2ccccc21. The Bertz CT molecular complexity index is 3890. The standard InChI is InChI=1S/C62H38N4O12/c67-37-15-19-47-53(27-37)76-54-28-38(68)16-20-48(54)60(47)44-10-4-1-7-41(44)57(73)65(60)63-31-33-25-35(13-23-51(33)71)62(46-12-6-3-9-43(46)59(75)78-62)36-14-24-52(72)34(26-36)32-64-66-58(74)42-8-2-5-11-45(42)61(66)49-21-17-39(69)29-55(49)77-56-30-40(70)18-22-50(56)61/h1-32,67-72H/b63-31-,64-32+. The molecule has 0 radical (unpaired) electrons. The summed E-state index contributed by atoms with van der Waals surface area (Å²) in [5.74, 6) is -1.72. The second kappa shape index (κ2) is 16.3. The highest BCUT2D eigenvalue weighted by atomic mass is 16.6. The van der Waals surface area contributed by atoms with Gasteiger partial charge < -0.3 is 44.8 Å². The van der Waals surface area contributed by atoms with Crippen LogP contribution in [0.4, 0.5) is 0 Å². The van der Waals surface area contributed by atoms with Crippen LogP contribution in [0.15, 0.2) is 192 Å². The van der Waals surface area contributed by atoms with Crippen molar-refractivity contribution in [3.8, 4) is 57.5 Å². The number of benzene rings is 9. The van der Waals surface area contributed by atoms with Crippen LogP contribution >= 0.6 is 0 Å². The van der Waals surface area contributed by atoms with Crippen molar-refractivity contribution in [1.29, 1.82) is 0 Å². The fourth-order valence-electron chi connectivity index (χ4n) is 12.0. The average molecular weight is 1030 g/mol. The summed E-state index contributed by atoms with van der Waals surface area (Å²) < 4.78 is 19.0. The summed E-state index contributed by atoms with van der Waals surface area (Å²) in [6.07, 6.45) is 2.64. The maximum atomic E-state index is 14.8. The number of carbonyl (C=O) groups is 3. The molecule has 6 N–H and O–H groups in total. The van der Waals surface area contributed by atoms with Crippen LogP contribution in [0.2, 0.25) is 0 Å². The van der Waals surface area contributed by atoms with E-state index in [4.69, 9.17) is 24.4 Å². The lowest BCUT2D eigenvalue weighted by molar-refractivity contribution is 0.0251. The van der Waals surface area contributed by atoms with E-state index in [1.165, 1.54) is 83.1 Å². The number of hydrazone groups is 2. The van der Waals surface area contributed by atoms with Gasteiger partial charge in [0.1, 0.15) is 68.6 Å². The number of rotatable bonds is 6. The monoisotopic (exact) mass is 1030 g/mol. The van der Waals surface area contributed by atoms with Crippen LogP contribution in [0, 0.1) is 0 Å². The number of hydrogen-bond donors (Lipinski definition) is 6. The van der Waals surface area contributed by atoms with Gasteiger partial charge in [0.25, 0.3) is 11.8 Å². The minimum Gasteiger partial charge on any atom is -0.508 e. The molecule has 1 atom stereocenters. The van der Waals surface area contributed by atoms with Crippen molar-refractivity contribution in [2.75, 3.05) is 0 Å². The third kappa shape index (κ3) is 6.12. The van der Waals surface area contributed by atoms with Crippen LogP contribution in [0.3, 0.4) is 0 Å². The number of phenolic OH excluding ortho intramolecular Hbond substituents is 6. The number of cyclic esters (lactones) is 1. The van der Waals surface area contributed by atoms with E-state index in [2.05, 4.69) is 0 Å². The number of fused-ring (bicyclic) bond motifs is 13. The third-order valence-corrected chi connectivity index (χ3v) is 15.2. The summed E-state index contributed by atoms with van der Waals surface area (Å²) in [6.45, 7) is 0. The molecule has 0 fully saturated rings. The van der Waals surface area contributed by atoms with Crippen LogP contribution in [0.25, 0.3) is 0 Å². The van der Waals surface area contributed by atoms with E-state index in [1.54, 1.807) is 121 Å². The average Bonchev–Trinajstić information content (AvgIpc) is 3.38. The van der Waals surface area contributed by atoms with Gasteiger partial charge in [0.15, 0.2) is 5.60 Å². The van der Waals surface area contributed by atoms with Gasteiger partial charge in [0.2, 0.25) is 0 Å². The number of phenols is 6. The fraction of sp³-hybridized carbons (Fsp3) is 0.0484. The molecule has 0 aromatic heterocycles. The fourth-order valence-corrected chi connectivity index (χ4v) is 12.0. The molecule has 5 heterocycles. The zero-order valence-electron chi connectivity index (χ0n) is 40.4. The van der Waals surface area contributed by atoms with E-state index in [0.717, 1.165) is 0 Å². The van der Waals surface area contributed by atoms with Crippen molar-refractivity contribution in [1.82, 2.24) is 10.0 Å². The minimum absolute atomic E-state index is 0.100. The first-order valence-electron chi connectivity index (χ1n) is 24.5. The zero-order chi connectivity index (χ0) is 53.4. The minimum atomic E-state index is -1.76. The Kier molecular flexibility index (Phi) is 9.56. The highest BCUT2D eigenvalue weighted by molar-refractivity contribution is 6.04. The number of carbonyl (C=O) groups excluding carboxylic acids is 3. The Labute approximate surface area is 442 Å². The van der Waals surface area contributed by atoms with E-state index in [-0.39, 0.29) is 74.2 Å². The number of esters is 1. The molecule has 9 aromatic rings. The Balaban J connectivity index is 0.910. The van der Waals surface area contributed by atoms with Gasteiger partial charge in [0.05, 0.1) is 18.0 Å². The van der Waals surface area contributed by atoms with Gasteiger partial charge in [-0.25, -0.2) is 14.8 Å². The van der Waals surface area contributed by atoms with Gasteiger partial charge in [0, 0.05) is 96.6 Å². The highest BCUT2D eigenvalue weighted by Gasteiger charge is 2.59. The maximum Gasteiger partial charge on any atom is 0.340 e. The number of amides is 2. The molecule has 2 amide bonds. The predicted molar refractivity (Wildman–Crippen MR) is 281 cm³/mol. The van der Waals surface area contributed by atoms with Crippen molar-refractivity contribution < 1.29 is 59.2 Å². The Morgan fingerprint density at radius 3 is 1.14 bits per heavy atom. The number of hydrogen-bond acceptors (Lipinski definition) is 14. The van der Waals surface area contributed by atoms with Crippen molar-refractivity contribution >= 4 is 30.2 Å². The number of nitrogens with zero attached hydrogens (tertiary/aromatic N) is 4. The summed E-state index contributed by atoms with van der Waals surface area (Å²) in [7, 11) is 0. The van der Waals surface area contributed by atoms with Crippen molar-refractivity contribution in [3.63, 3.8) is 0 Å². The van der Waals surface area contributed by atoms with E-state index in [1.807, 2.05) is 0 Å². The molecular weight excluding hydrogens is 993 g/mol. The van der Waals surface area contributed by atoms with Crippen LogP contribution in [0.5, 0.6) is 57.5 Å². The molecule has 0 saturated heterocycles. The summed E-state index contributed by atoms with van der Waals surface area (Å²) in [4.78, 5) is 43.7. The largest absolute Gasteiger partial charge is 0.508 e. The second-order valence-corrected chi connectivity index (χ2v) is 19.3. The number of ether oxygens (including phenoxy) is 3. The second-order valence-electron chi connectivity index (χ2n) is 19.3. The van der Waals surface area contributed by atoms with Gasteiger partial charge in [-0.2, -0.15) is 10.2 Å². The molecule has 2 spiro atoms. The molecule has 16 nitrogen and oxygen atoms in total. The first kappa shape index (κ1) is 45.7. The number of aromatic hydroxyl groups is 6. The van der Waals surface area contributed by atoms with Gasteiger partial charge in [-0.05, 0) is 91.0 Å². The van der Waals surface area contributed by atoms with E-state index in [9.17, 15) is 45.0 Å². The zero-order valence-corrected chi connectivity index (χ0v) is 40.4. The Morgan fingerprint density at radius 2 is 0.744 bits per heavy atom. The molecule has 14 rings (SSSR count). The maximum absolute atomic E-state index is 14.8. The molecular formula is C62H38N4O12. The molecule has 378 valence electrons. The van der Waals surface area contributed by atoms with Crippen molar-refractivity contribution in [2.45, 2.75) is 16.7 Å². The molecule has 78 heavy (non-hydrogen) atoms. The molecule has 5 aliphatic heterocycles. The Morgan fingerprint density at radius 1 is 0.385 bits per heavy atom. The summed E-state index contributed by atoms with van der Waals surface area (Å²) >= 11 is 0. The van der Waals surface area contributed by atoms with Gasteiger partial charge >= 0.3 is 5.97 Å². The molecule has 0 aliphatic carbocycles. The van der Waals surface area contributed by atoms with E-state index < -0.39 is 34.5 Å². The molecule has 0 bridgehead atoms. The third-order valence-electron chi connectivity index (χ3n) is 15.2. The predicted octanol–water partition coefficient (Wildman–Crippen LogP) is 10.2. The molecule has 1 unspecified atom stereocenters. The quantitative estimate of drug-likeness (QED) is 0.0675. The van der Waals surface area contributed by atoms with Crippen LogP contribution < -0.4 is 9.47 Å². The van der Waals surface area contributed by atoms with Crippen molar-refractivity contribution in [3.05, 3.63) is 260 Å². The summed E-state index contributed by atoms with van der Waals surface area (Å²) in [5, 5.41) is 78.2. The molecule has 5 aliphatic rings. The van der Waals surface area contributed by atoms with Gasteiger partial charge in [-0.15, -0.1) is 0 Å². The van der Waals surface area contributed by atoms with Crippen LogP contribution in [-0.2, 0) is 21.4 Å². The van der Waals surface area contributed by atoms with Crippen LogP contribution in [0.1, 0.15) is 92.3 Å². The van der Waals surface area contributed by atoms with Crippen molar-refractivity contribution in [2.24, 2.45) is 10.2 Å². The summed E-state index contributed by atoms with van der Waals surface area (Å²) in [5.41, 5.74) is 0.368. The lowest BCUT2D eigenvalue weighted by Gasteiger charge is -2.41. The van der Waals surface area contributed by atoms with Gasteiger partial charge in [-0.1, -0.05) is 66.7 Å². The Hall–Kier alpha value is -10.9. The summed E-state index contributed by atoms with van der Waals surface area (Å²) in [6, 6.07) is 48.1. The lowest BCUT2D eigenvalue weighted by atomic mass is 9.75. The first-order chi connectivity index (χ1) is 37.8. The van der Waals surface area contributed by atoms with Crippen LogP contribution in [-0.4, -0.2) is 70.9 Å². The topological polar surface area (TPSA) is 231 Å². The lowest BCUT2D eigenvalue weighted by Crippen LogP contribution is -2.44. The smallest absolute Gasteiger partial charge is 0.340 e. The normalized spacial score (nSPS) is 17.5. The first-order valence-corrected chi connectivity index (χ1v) is 24.5. The highest BCUT2D eigenvalue weighted by Crippen LogP contribution is 2.60. The van der Waals surface area contributed by atoms with E-state index >= 15 is 0 Å². The molecule has 9 aromatic carbocycles. The molecule has 16 heteroatoms.